The Morgan fingerprint density at radius 1 is 1.00 bits per heavy atom. The summed E-state index contributed by atoms with van der Waals surface area (Å²) in [5, 5.41) is 0.201. The molecule has 0 heterocycles. The van der Waals surface area contributed by atoms with Crippen LogP contribution in [0.1, 0.15) is 5.56 Å². The summed E-state index contributed by atoms with van der Waals surface area (Å²) in [4.78, 5) is 0.0917. The Morgan fingerprint density at radius 3 is 2.08 bits per heavy atom. The van der Waals surface area contributed by atoms with E-state index in [0.29, 0.717) is 23.7 Å². The normalized spacial score (nSPS) is 11.5. The minimum Gasteiger partial charge on any atom is -0.493 e. The molecule has 0 N–H and O–H groups in total. The molecule has 0 spiro atoms. The third kappa shape index (κ3) is 4.23. The highest BCUT2D eigenvalue weighted by molar-refractivity contribution is 7.89. The van der Waals surface area contributed by atoms with Gasteiger partial charge in [0.25, 0.3) is 0 Å². The van der Waals surface area contributed by atoms with Crippen LogP contribution in [0.15, 0.2) is 41.3 Å². The van der Waals surface area contributed by atoms with E-state index in [-0.39, 0.29) is 16.5 Å². The molecule has 26 heavy (non-hydrogen) atoms. The third-order valence-corrected chi connectivity index (χ3v) is 6.32. The van der Waals surface area contributed by atoms with Crippen LogP contribution in [0.2, 0.25) is 5.02 Å². The number of hydrogen-bond donors (Lipinski definition) is 0. The van der Waals surface area contributed by atoms with E-state index in [9.17, 15) is 8.42 Å². The number of methoxy groups -OCH3 is 3. The van der Waals surface area contributed by atoms with Crippen molar-refractivity contribution in [3.8, 4) is 17.2 Å². The van der Waals surface area contributed by atoms with Crippen LogP contribution in [0.4, 0.5) is 0 Å². The van der Waals surface area contributed by atoms with Crippen LogP contribution >= 0.6 is 11.6 Å². The largest absolute Gasteiger partial charge is 0.493 e. The van der Waals surface area contributed by atoms with Crippen molar-refractivity contribution in [2.24, 2.45) is 0 Å². The van der Waals surface area contributed by atoms with E-state index >= 15 is 0 Å². The monoisotopic (exact) mass is 399 g/mol. The summed E-state index contributed by atoms with van der Waals surface area (Å²) in [6.07, 6.45) is 0.469. The van der Waals surface area contributed by atoms with Crippen LogP contribution in [-0.2, 0) is 16.4 Å². The Balaban J connectivity index is 2.22. The molecule has 0 aliphatic carbocycles. The first kappa shape index (κ1) is 20.4. The Kier molecular flexibility index (Phi) is 6.75. The summed E-state index contributed by atoms with van der Waals surface area (Å²) in [5.41, 5.74) is 0.862. The van der Waals surface area contributed by atoms with Crippen molar-refractivity contribution in [2.45, 2.75) is 11.3 Å². The molecule has 0 fully saturated rings. The number of benzene rings is 2. The van der Waals surface area contributed by atoms with Crippen molar-refractivity contribution in [1.82, 2.24) is 4.31 Å². The lowest BCUT2D eigenvalue weighted by Crippen LogP contribution is -2.29. The molecule has 0 aromatic heterocycles. The maximum Gasteiger partial charge on any atom is 0.244 e. The summed E-state index contributed by atoms with van der Waals surface area (Å²) in [6.45, 7) is 0.270. The highest BCUT2D eigenvalue weighted by atomic mass is 35.5. The van der Waals surface area contributed by atoms with Gasteiger partial charge in [-0.25, -0.2) is 12.7 Å². The van der Waals surface area contributed by atoms with Crippen molar-refractivity contribution in [3.63, 3.8) is 0 Å². The molecule has 0 aliphatic heterocycles. The van der Waals surface area contributed by atoms with Gasteiger partial charge in [0, 0.05) is 13.6 Å². The summed E-state index contributed by atoms with van der Waals surface area (Å²) < 4.78 is 42.6. The molecular formula is C18H22ClNO5S. The van der Waals surface area contributed by atoms with Crippen LogP contribution < -0.4 is 14.2 Å². The van der Waals surface area contributed by atoms with Gasteiger partial charge in [-0.2, -0.15) is 0 Å². The predicted molar refractivity (Wildman–Crippen MR) is 101 cm³/mol. The Labute approximate surface area is 159 Å². The Hall–Kier alpha value is -1.96. The van der Waals surface area contributed by atoms with Crippen LogP contribution in [0, 0.1) is 0 Å². The fourth-order valence-corrected chi connectivity index (χ4v) is 4.17. The second kappa shape index (κ2) is 8.62. The number of rotatable bonds is 8. The molecule has 2 aromatic rings. The Bertz CT molecular complexity index is 845. The molecule has 2 rings (SSSR count). The molecule has 142 valence electrons. The summed E-state index contributed by atoms with van der Waals surface area (Å²) in [7, 11) is 2.46. The van der Waals surface area contributed by atoms with E-state index < -0.39 is 10.0 Å². The lowest BCUT2D eigenvalue weighted by Gasteiger charge is -2.19. The van der Waals surface area contributed by atoms with Crippen LogP contribution in [0.25, 0.3) is 0 Å². The van der Waals surface area contributed by atoms with E-state index in [1.165, 1.54) is 38.7 Å². The van der Waals surface area contributed by atoms with Gasteiger partial charge < -0.3 is 14.2 Å². The zero-order valence-electron chi connectivity index (χ0n) is 15.2. The fourth-order valence-electron chi connectivity index (χ4n) is 2.51. The van der Waals surface area contributed by atoms with Gasteiger partial charge in [0.05, 0.1) is 26.4 Å². The highest BCUT2D eigenvalue weighted by Crippen LogP contribution is 2.38. The van der Waals surface area contributed by atoms with Gasteiger partial charge in [-0.3, -0.25) is 0 Å². The summed E-state index contributed by atoms with van der Waals surface area (Å²) in [5.74, 6) is 1.55. The highest BCUT2D eigenvalue weighted by Gasteiger charge is 2.23. The Morgan fingerprint density at radius 2 is 1.58 bits per heavy atom. The quantitative estimate of drug-likeness (QED) is 0.681. The molecule has 0 saturated heterocycles. The minimum absolute atomic E-state index is 0.0917. The van der Waals surface area contributed by atoms with E-state index in [0.717, 1.165) is 5.56 Å². The molecule has 6 nitrogen and oxygen atoms in total. The number of halogens is 1. The van der Waals surface area contributed by atoms with E-state index in [2.05, 4.69) is 0 Å². The van der Waals surface area contributed by atoms with Gasteiger partial charge in [0.15, 0.2) is 11.5 Å². The first-order valence-electron chi connectivity index (χ1n) is 7.85. The van der Waals surface area contributed by atoms with Crippen molar-refractivity contribution in [1.29, 1.82) is 0 Å². The third-order valence-electron chi connectivity index (χ3n) is 3.96. The maximum atomic E-state index is 12.7. The lowest BCUT2D eigenvalue weighted by molar-refractivity contribution is 0.323. The van der Waals surface area contributed by atoms with Gasteiger partial charge in [0.1, 0.15) is 4.90 Å². The van der Waals surface area contributed by atoms with Crippen molar-refractivity contribution in [2.75, 3.05) is 34.9 Å². The summed E-state index contributed by atoms with van der Waals surface area (Å²) in [6, 6.07) is 9.99. The molecule has 0 unspecified atom stereocenters. The molecule has 0 amide bonds. The molecule has 0 atom stereocenters. The number of ether oxygens (including phenoxy) is 3. The smallest absolute Gasteiger partial charge is 0.244 e. The van der Waals surface area contributed by atoms with Gasteiger partial charge in [0.2, 0.25) is 15.8 Å². The zero-order chi connectivity index (χ0) is 19.3. The summed E-state index contributed by atoms with van der Waals surface area (Å²) >= 11 is 6.03. The predicted octanol–water partition coefficient (Wildman–Crippen LogP) is 3.23. The molecule has 2 aromatic carbocycles. The number of hydrogen-bond acceptors (Lipinski definition) is 5. The van der Waals surface area contributed by atoms with Crippen LogP contribution in [-0.4, -0.2) is 47.6 Å². The van der Waals surface area contributed by atoms with Crippen molar-refractivity contribution >= 4 is 21.6 Å². The number of nitrogens with zero attached hydrogens (tertiary/aromatic N) is 1. The average Bonchev–Trinajstić information content (AvgIpc) is 2.65. The number of sulfonamides is 1. The topological polar surface area (TPSA) is 65.1 Å². The second-order valence-electron chi connectivity index (χ2n) is 5.54. The van der Waals surface area contributed by atoms with Gasteiger partial charge in [-0.15, -0.1) is 0 Å². The van der Waals surface area contributed by atoms with Crippen molar-refractivity contribution in [3.05, 3.63) is 47.0 Å². The average molecular weight is 400 g/mol. The maximum absolute atomic E-state index is 12.7. The SMILES string of the molecule is COc1cc(CCN(C)S(=O)(=O)c2ccccc2Cl)cc(OC)c1OC. The van der Waals surface area contributed by atoms with Crippen LogP contribution in [0.5, 0.6) is 17.2 Å². The van der Waals surface area contributed by atoms with Gasteiger partial charge in [-0.1, -0.05) is 23.7 Å². The fraction of sp³-hybridized carbons (Fsp3) is 0.333. The molecular weight excluding hydrogens is 378 g/mol. The molecule has 0 bridgehead atoms. The minimum atomic E-state index is -3.67. The lowest BCUT2D eigenvalue weighted by atomic mass is 10.1. The molecule has 0 radical (unpaired) electrons. The number of likely N-dealkylation sites (N-methyl/N-ethyl adjacent to an activating group) is 1. The van der Waals surface area contributed by atoms with Gasteiger partial charge >= 0.3 is 0 Å². The second-order valence-corrected chi connectivity index (χ2v) is 7.96. The molecule has 0 saturated carbocycles. The first-order chi connectivity index (χ1) is 12.3. The standard InChI is InChI=1S/C18H22ClNO5S/c1-20(26(21,22)17-8-6-5-7-14(17)19)10-9-13-11-15(23-2)18(25-4)16(12-13)24-3/h5-8,11-12H,9-10H2,1-4H3. The molecule has 8 heteroatoms. The van der Waals surface area contributed by atoms with E-state index in [1.54, 1.807) is 30.3 Å². The van der Waals surface area contributed by atoms with Gasteiger partial charge in [-0.05, 0) is 36.2 Å². The van der Waals surface area contributed by atoms with E-state index in [1.807, 2.05) is 0 Å². The van der Waals surface area contributed by atoms with Crippen LogP contribution in [0.3, 0.4) is 0 Å². The van der Waals surface area contributed by atoms with Crippen molar-refractivity contribution < 1.29 is 22.6 Å². The van der Waals surface area contributed by atoms with E-state index in [4.69, 9.17) is 25.8 Å². The molecule has 0 aliphatic rings. The first-order valence-corrected chi connectivity index (χ1v) is 9.66. The zero-order valence-corrected chi connectivity index (χ0v) is 16.7.